The van der Waals surface area contributed by atoms with Gasteiger partial charge in [-0.05, 0) is 30.3 Å². The van der Waals surface area contributed by atoms with E-state index in [1.165, 1.54) is 0 Å². The number of hydrogen-bond donors (Lipinski definition) is 1. The number of anilines is 1. The van der Waals surface area contributed by atoms with Gasteiger partial charge < -0.3 is 10.5 Å². The summed E-state index contributed by atoms with van der Waals surface area (Å²) in [7, 11) is 0. The highest BCUT2D eigenvalue weighted by molar-refractivity contribution is 6.30. The number of nitrogens with zero attached hydrogens (tertiary/aromatic N) is 1. The smallest absolute Gasteiger partial charge is 0.142 e. The minimum Gasteiger partial charge on any atom is -0.485 e. The maximum absolute atomic E-state index is 5.85. The van der Waals surface area contributed by atoms with Crippen molar-refractivity contribution in [2.45, 2.75) is 6.61 Å². The number of nitrogens with two attached hydrogens (primary N) is 1. The van der Waals surface area contributed by atoms with E-state index in [0.717, 1.165) is 16.6 Å². The molecule has 0 fully saturated rings. The average molecular weight is 285 g/mol. The van der Waals surface area contributed by atoms with Crippen molar-refractivity contribution in [1.29, 1.82) is 0 Å². The van der Waals surface area contributed by atoms with Crippen LogP contribution < -0.4 is 10.5 Å². The third-order valence-corrected chi connectivity index (χ3v) is 3.24. The Bertz CT molecular complexity index is 758. The monoisotopic (exact) mass is 284 g/mol. The fourth-order valence-electron chi connectivity index (χ4n) is 1.99. The van der Waals surface area contributed by atoms with Crippen molar-refractivity contribution in [2.75, 3.05) is 5.73 Å². The second-order valence-corrected chi connectivity index (χ2v) is 4.90. The zero-order valence-corrected chi connectivity index (χ0v) is 11.5. The van der Waals surface area contributed by atoms with Gasteiger partial charge in [-0.1, -0.05) is 35.9 Å². The number of nitrogen functional groups attached to an aromatic ring is 1. The van der Waals surface area contributed by atoms with E-state index in [1.807, 2.05) is 36.4 Å². The third kappa shape index (κ3) is 2.68. The molecule has 3 nitrogen and oxygen atoms in total. The minimum atomic E-state index is 0.372. The van der Waals surface area contributed by atoms with Crippen molar-refractivity contribution in [3.8, 4) is 5.75 Å². The normalized spacial score (nSPS) is 10.7. The molecular formula is C16H13ClN2O. The van der Waals surface area contributed by atoms with Crippen LogP contribution in [0.4, 0.5) is 5.69 Å². The maximum atomic E-state index is 5.85. The Kier molecular flexibility index (Phi) is 3.44. The van der Waals surface area contributed by atoms with E-state index < -0.39 is 0 Å². The van der Waals surface area contributed by atoms with Gasteiger partial charge in [-0.3, -0.25) is 0 Å². The lowest BCUT2D eigenvalue weighted by Crippen LogP contribution is -2.00. The average Bonchev–Trinajstić information content (AvgIpc) is 2.46. The van der Waals surface area contributed by atoms with Crippen molar-refractivity contribution in [3.63, 3.8) is 0 Å². The molecule has 0 spiro atoms. The lowest BCUT2D eigenvalue weighted by atomic mass is 10.2. The lowest BCUT2D eigenvalue weighted by molar-refractivity contribution is 0.303. The summed E-state index contributed by atoms with van der Waals surface area (Å²) in [5.74, 6) is 0.615. The van der Waals surface area contributed by atoms with Crippen LogP contribution in [0.3, 0.4) is 0 Å². The third-order valence-electron chi connectivity index (χ3n) is 3.00. The highest BCUT2D eigenvalue weighted by Gasteiger charge is 2.03. The first-order chi connectivity index (χ1) is 9.72. The SMILES string of the molecule is Nc1cc(Cl)ccc1OCc1ccc2ccccc2n1. The van der Waals surface area contributed by atoms with Crippen molar-refractivity contribution >= 4 is 28.2 Å². The van der Waals surface area contributed by atoms with E-state index in [2.05, 4.69) is 4.98 Å². The van der Waals surface area contributed by atoms with E-state index in [1.54, 1.807) is 18.2 Å². The first-order valence-corrected chi connectivity index (χ1v) is 6.63. The molecule has 0 amide bonds. The first kappa shape index (κ1) is 12.8. The molecular weight excluding hydrogens is 272 g/mol. The van der Waals surface area contributed by atoms with Gasteiger partial charge >= 0.3 is 0 Å². The summed E-state index contributed by atoms with van der Waals surface area (Å²) in [4.78, 5) is 4.55. The highest BCUT2D eigenvalue weighted by Crippen LogP contribution is 2.25. The van der Waals surface area contributed by atoms with Crippen LogP contribution in [0.5, 0.6) is 5.75 Å². The molecule has 0 radical (unpaired) electrons. The molecule has 1 heterocycles. The Labute approximate surface area is 122 Å². The summed E-state index contributed by atoms with van der Waals surface area (Å²) >= 11 is 5.85. The van der Waals surface area contributed by atoms with E-state index in [9.17, 15) is 0 Å². The molecule has 0 saturated carbocycles. The molecule has 0 bridgehead atoms. The van der Waals surface area contributed by atoms with Crippen LogP contribution in [0.1, 0.15) is 5.69 Å². The van der Waals surface area contributed by atoms with Crippen LogP contribution in [0, 0.1) is 0 Å². The van der Waals surface area contributed by atoms with Gasteiger partial charge in [0.1, 0.15) is 12.4 Å². The number of pyridine rings is 1. The molecule has 2 aromatic carbocycles. The second kappa shape index (κ2) is 5.39. The summed E-state index contributed by atoms with van der Waals surface area (Å²) in [6.07, 6.45) is 0. The van der Waals surface area contributed by atoms with Gasteiger partial charge in [0.25, 0.3) is 0 Å². The molecule has 0 unspecified atom stereocenters. The maximum Gasteiger partial charge on any atom is 0.142 e. The number of rotatable bonds is 3. The quantitative estimate of drug-likeness (QED) is 0.738. The number of halogens is 1. The van der Waals surface area contributed by atoms with E-state index in [4.69, 9.17) is 22.1 Å². The van der Waals surface area contributed by atoms with Gasteiger partial charge in [-0.2, -0.15) is 0 Å². The fourth-order valence-corrected chi connectivity index (χ4v) is 2.17. The number of benzene rings is 2. The molecule has 100 valence electrons. The molecule has 0 aliphatic carbocycles. The molecule has 20 heavy (non-hydrogen) atoms. The van der Waals surface area contributed by atoms with Crippen molar-refractivity contribution in [3.05, 3.63) is 65.3 Å². The van der Waals surface area contributed by atoms with Crippen molar-refractivity contribution in [2.24, 2.45) is 0 Å². The van der Waals surface area contributed by atoms with Gasteiger partial charge in [0.2, 0.25) is 0 Å². The molecule has 1 aromatic heterocycles. The predicted molar refractivity (Wildman–Crippen MR) is 81.9 cm³/mol. The number of hydrogen-bond acceptors (Lipinski definition) is 3. The number of para-hydroxylation sites is 1. The van der Waals surface area contributed by atoms with Crippen LogP contribution in [-0.4, -0.2) is 4.98 Å². The highest BCUT2D eigenvalue weighted by atomic mass is 35.5. The zero-order valence-electron chi connectivity index (χ0n) is 10.7. The summed E-state index contributed by atoms with van der Waals surface area (Å²) in [6.45, 7) is 0.372. The molecule has 3 aromatic rings. The predicted octanol–water partition coefficient (Wildman–Crippen LogP) is 4.05. The Morgan fingerprint density at radius 1 is 1.05 bits per heavy atom. The summed E-state index contributed by atoms with van der Waals surface area (Å²) < 4.78 is 5.68. The fraction of sp³-hybridized carbons (Fsp3) is 0.0625. The molecule has 3 rings (SSSR count). The molecule has 0 atom stereocenters. The Balaban J connectivity index is 1.79. The summed E-state index contributed by atoms with van der Waals surface area (Å²) in [6, 6.07) is 17.1. The number of aromatic nitrogens is 1. The van der Waals surface area contributed by atoms with Crippen molar-refractivity contribution < 1.29 is 4.74 Å². The van der Waals surface area contributed by atoms with Gasteiger partial charge in [0.15, 0.2) is 0 Å². The van der Waals surface area contributed by atoms with Crippen molar-refractivity contribution in [1.82, 2.24) is 4.98 Å². The van der Waals surface area contributed by atoms with Gasteiger partial charge in [-0.25, -0.2) is 4.98 Å². The number of ether oxygens (including phenoxy) is 1. The topological polar surface area (TPSA) is 48.1 Å². The standard InChI is InChI=1S/C16H13ClN2O/c17-12-6-8-16(14(18)9-12)20-10-13-7-5-11-3-1-2-4-15(11)19-13/h1-9H,10,18H2. The molecule has 0 saturated heterocycles. The van der Waals surface area contributed by atoms with Gasteiger partial charge in [0, 0.05) is 10.4 Å². The van der Waals surface area contributed by atoms with Crippen LogP contribution >= 0.6 is 11.6 Å². The summed E-state index contributed by atoms with van der Waals surface area (Å²) in [5, 5.41) is 1.71. The van der Waals surface area contributed by atoms with Crippen LogP contribution in [0.25, 0.3) is 10.9 Å². The molecule has 2 N–H and O–H groups in total. The Hall–Kier alpha value is -2.26. The molecule has 4 heteroatoms. The van der Waals surface area contributed by atoms with E-state index in [-0.39, 0.29) is 0 Å². The van der Waals surface area contributed by atoms with E-state index in [0.29, 0.717) is 23.1 Å². The van der Waals surface area contributed by atoms with Crippen LogP contribution in [0.15, 0.2) is 54.6 Å². The minimum absolute atomic E-state index is 0.372. The van der Waals surface area contributed by atoms with Gasteiger partial charge in [0.05, 0.1) is 16.9 Å². The summed E-state index contributed by atoms with van der Waals surface area (Å²) in [5.41, 5.74) is 8.19. The largest absolute Gasteiger partial charge is 0.485 e. The van der Waals surface area contributed by atoms with Gasteiger partial charge in [-0.15, -0.1) is 0 Å². The molecule has 0 aliphatic rings. The lowest BCUT2D eigenvalue weighted by Gasteiger charge is -2.09. The second-order valence-electron chi connectivity index (χ2n) is 4.47. The number of fused-ring (bicyclic) bond motifs is 1. The van der Waals surface area contributed by atoms with Crippen LogP contribution in [0.2, 0.25) is 5.02 Å². The van der Waals surface area contributed by atoms with E-state index >= 15 is 0 Å². The Morgan fingerprint density at radius 3 is 2.75 bits per heavy atom. The van der Waals surface area contributed by atoms with Crippen LogP contribution in [-0.2, 0) is 6.61 Å². The Morgan fingerprint density at radius 2 is 1.90 bits per heavy atom. The zero-order chi connectivity index (χ0) is 13.9. The molecule has 0 aliphatic heterocycles. The first-order valence-electron chi connectivity index (χ1n) is 6.25.